The van der Waals surface area contributed by atoms with E-state index in [0.29, 0.717) is 0 Å². The topological polar surface area (TPSA) is 41.1 Å². The van der Waals surface area contributed by atoms with E-state index in [9.17, 15) is 0 Å². The lowest BCUT2D eigenvalue weighted by molar-refractivity contribution is -0.0327. The minimum atomic E-state index is 0.0382. The van der Waals surface area contributed by atoms with Gasteiger partial charge in [0.25, 0.3) is 0 Å². The summed E-state index contributed by atoms with van der Waals surface area (Å²) in [6, 6.07) is 0. The Bertz CT molecular complexity index is 503. The van der Waals surface area contributed by atoms with Crippen molar-refractivity contribution in [3.63, 3.8) is 0 Å². The molecule has 0 aromatic carbocycles. The van der Waals surface area contributed by atoms with Gasteiger partial charge in [-0.1, -0.05) is 19.1 Å². The summed E-state index contributed by atoms with van der Waals surface area (Å²) in [5, 5.41) is 0. The summed E-state index contributed by atoms with van der Waals surface area (Å²) in [7, 11) is 0. The SMILES string of the molecule is CCN1CCOC(c2nc(=S)c3c([nH]2)CSC3)C1. The molecule has 18 heavy (non-hydrogen) atoms. The Hall–Kier alpha value is -0.430. The van der Waals surface area contributed by atoms with Crippen LogP contribution in [0.3, 0.4) is 0 Å². The number of nitrogens with zero attached hydrogens (tertiary/aromatic N) is 2. The van der Waals surface area contributed by atoms with Crippen molar-refractivity contribution >= 4 is 24.0 Å². The third-order valence-electron chi connectivity index (χ3n) is 3.52. The third kappa shape index (κ3) is 2.34. The number of hydrogen-bond donors (Lipinski definition) is 1. The lowest BCUT2D eigenvalue weighted by atomic mass is 10.2. The Labute approximate surface area is 116 Å². The molecule has 0 radical (unpaired) electrons. The van der Waals surface area contributed by atoms with Gasteiger partial charge in [-0.05, 0) is 6.54 Å². The molecule has 1 saturated heterocycles. The van der Waals surface area contributed by atoms with E-state index in [2.05, 4.69) is 21.8 Å². The van der Waals surface area contributed by atoms with Gasteiger partial charge < -0.3 is 9.72 Å². The first-order valence-corrected chi connectivity index (χ1v) is 7.88. The number of morpholine rings is 1. The Balaban J connectivity index is 1.88. The molecule has 6 heteroatoms. The summed E-state index contributed by atoms with van der Waals surface area (Å²) in [6.07, 6.45) is 0.0382. The fourth-order valence-electron chi connectivity index (χ4n) is 2.40. The Kier molecular flexibility index (Phi) is 3.70. The summed E-state index contributed by atoms with van der Waals surface area (Å²) < 4.78 is 6.57. The van der Waals surface area contributed by atoms with Crippen LogP contribution in [0.4, 0.5) is 0 Å². The second-order valence-corrected chi connectivity index (χ2v) is 6.00. The molecule has 1 unspecified atom stereocenters. The first-order valence-electron chi connectivity index (χ1n) is 6.31. The van der Waals surface area contributed by atoms with E-state index >= 15 is 0 Å². The van der Waals surface area contributed by atoms with E-state index in [1.807, 2.05) is 11.8 Å². The number of nitrogens with one attached hydrogen (secondary N) is 1. The van der Waals surface area contributed by atoms with Crippen molar-refractivity contribution in [2.75, 3.05) is 26.2 Å². The van der Waals surface area contributed by atoms with Crippen molar-refractivity contribution in [3.05, 3.63) is 21.7 Å². The molecular weight excluding hydrogens is 266 g/mol. The van der Waals surface area contributed by atoms with Crippen LogP contribution in [0, 0.1) is 4.64 Å². The molecule has 98 valence electrons. The molecule has 3 rings (SSSR count). The number of aromatic nitrogens is 2. The van der Waals surface area contributed by atoms with Gasteiger partial charge in [0.1, 0.15) is 16.6 Å². The molecule has 1 atom stereocenters. The van der Waals surface area contributed by atoms with E-state index in [1.54, 1.807) is 0 Å². The molecular formula is C12H17N3OS2. The zero-order chi connectivity index (χ0) is 12.5. The van der Waals surface area contributed by atoms with Crippen molar-refractivity contribution in [2.24, 2.45) is 0 Å². The van der Waals surface area contributed by atoms with Crippen LogP contribution in [0.5, 0.6) is 0 Å². The number of rotatable bonds is 2. The minimum absolute atomic E-state index is 0.0382. The highest BCUT2D eigenvalue weighted by atomic mass is 32.2. The lowest BCUT2D eigenvalue weighted by Crippen LogP contribution is -2.38. The molecule has 0 spiro atoms. The molecule has 1 aromatic rings. The van der Waals surface area contributed by atoms with Gasteiger partial charge in [0, 0.05) is 35.9 Å². The smallest absolute Gasteiger partial charge is 0.138 e. The zero-order valence-corrected chi connectivity index (χ0v) is 12.1. The van der Waals surface area contributed by atoms with Gasteiger partial charge in [-0.15, -0.1) is 0 Å². The summed E-state index contributed by atoms with van der Waals surface area (Å²) in [5.41, 5.74) is 2.45. The fourth-order valence-corrected chi connectivity index (χ4v) is 3.85. The van der Waals surface area contributed by atoms with Crippen molar-refractivity contribution in [1.82, 2.24) is 14.9 Å². The van der Waals surface area contributed by atoms with E-state index < -0.39 is 0 Å². The number of H-pyrrole nitrogens is 1. The number of fused-ring (bicyclic) bond motifs is 1. The number of ether oxygens (including phenoxy) is 1. The second kappa shape index (κ2) is 5.28. The van der Waals surface area contributed by atoms with Gasteiger partial charge in [0.2, 0.25) is 0 Å². The van der Waals surface area contributed by atoms with E-state index in [1.165, 1.54) is 11.3 Å². The standard InChI is InChI=1S/C12H17N3OS2/c1-2-15-3-4-16-10(5-15)11-13-9-7-18-6-8(9)12(17)14-11/h10H,2-7H2,1H3,(H,13,14,17). The molecule has 0 saturated carbocycles. The van der Waals surface area contributed by atoms with E-state index in [0.717, 1.165) is 48.2 Å². The number of likely N-dealkylation sites (N-methyl/N-ethyl adjacent to an activating group) is 1. The maximum absolute atomic E-state index is 5.82. The lowest BCUT2D eigenvalue weighted by Gasteiger charge is -2.31. The largest absolute Gasteiger partial charge is 0.368 e. The van der Waals surface area contributed by atoms with Crippen molar-refractivity contribution in [2.45, 2.75) is 24.5 Å². The van der Waals surface area contributed by atoms with Crippen LogP contribution in [0.2, 0.25) is 0 Å². The van der Waals surface area contributed by atoms with Crippen LogP contribution in [-0.4, -0.2) is 41.1 Å². The van der Waals surface area contributed by atoms with Gasteiger partial charge in [0.15, 0.2) is 0 Å². The monoisotopic (exact) mass is 283 g/mol. The molecule has 2 aliphatic heterocycles. The van der Waals surface area contributed by atoms with Crippen molar-refractivity contribution in [1.29, 1.82) is 0 Å². The summed E-state index contributed by atoms with van der Waals surface area (Å²) in [6.45, 7) is 5.92. The van der Waals surface area contributed by atoms with Gasteiger partial charge in [-0.3, -0.25) is 4.90 Å². The number of thioether (sulfide) groups is 1. The van der Waals surface area contributed by atoms with Crippen LogP contribution >= 0.6 is 24.0 Å². The Morgan fingerprint density at radius 2 is 2.44 bits per heavy atom. The highest BCUT2D eigenvalue weighted by Gasteiger charge is 2.25. The van der Waals surface area contributed by atoms with Crippen LogP contribution in [0.15, 0.2) is 0 Å². The molecule has 4 nitrogen and oxygen atoms in total. The van der Waals surface area contributed by atoms with Gasteiger partial charge >= 0.3 is 0 Å². The molecule has 0 amide bonds. The van der Waals surface area contributed by atoms with E-state index in [4.69, 9.17) is 17.0 Å². The highest BCUT2D eigenvalue weighted by Crippen LogP contribution is 2.30. The Morgan fingerprint density at radius 1 is 1.56 bits per heavy atom. The molecule has 0 aliphatic carbocycles. The summed E-state index contributed by atoms with van der Waals surface area (Å²) in [5.74, 6) is 2.91. The maximum Gasteiger partial charge on any atom is 0.138 e. The average molecular weight is 283 g/mol. The molecule has 1 N–H and O–H groups in total. The van der Waals surface area contributed by atoms with Crippen LogP contribution in [0.1, 0.15) is 30.1 Å². The predicted octanol–water partition coefficient (Wildman–Crippen LogP) is 2.28. The zero-order valence-electron chi connectivity index (χ0n) is 10.4. The molecule has 3 heterocycles. The molecule has 2 aliphatic rings. The third-order valence-corrected chi connectivity index (χ3v) is 4.84. The van der Waals surface area contributed by atoms with Gasteiger partial charge in [-0.25, -0.2) is 4.98 Å². The maximum atomic E-state index is 5.82. The highest BCUT2D eigenvalue weighted by molar-refractivity contribution is 7.98. The normalized spacial score (nSPS) is 24.2. The Morgan fingerprint density at radius 3 is 3.28 bits per heavy atom. The average Bonchev–Trinajstić information content (AvgIpc) is 2.87. The summed E-state index contributed by atoms with van der Waals surface area (Å²) in [4.78, 5) is 10.3. The van der Waals surface area contributed by atoms with E-state index in [-0.39, 0.29) is 6.10 Å². The van der Waals surface area contributed by atoms with Crippen LogP contribution in [-0.2, 0) is 16.2 Å². The minimum Gasteiger partial charge on any atom is -0.368 e. The first-order chi connectivity index (χ1) is 8.78. The van der Waals surface area contributed by atoms with Crippen molar-refractivity contribution < 1.29 is 4.74 Å². The number of aromatic amines is 1. The summed E-state index contributed by atoms with van der Waals surface area (Å²) >= 11 is 7.27. The fraction of sp³-hybridized carbons (Fsp3) is 0.667. The van der Waals surface area contributed by atoms with Crippen LogP contribution < -0.4 is 0 Å². The number of hydrogen-bond acceptors (Lipinski definition) is 5. The second-order valence-electron chi connectivity index (χ2n) is 4.63. The van der Waals surface area contributed by atoms with Gasteiger partial charge in [-0.2, -0.15) is 11.8 Å². The van der Waals surface area contributed by atoms with Crippen LogP contribution in [0.25, 0.3) is 0 Å². The quantitative estimate of drug-likeness (QED) is 0.843. The van der Waals surface area contributed by atoms with Crippen molar-refractivity contribution in [3.8, 4) is 0 Å². The van der Waals surface area contributed by atoms with Gasteiger partial charge in [0.05, 0.1) is 6.61 Å². The predicted molar refractivity (Wildman–Crippen MR) is 75.2 cm³/mol. The molecule has 1 fully saturated rings. The molecule has 1 aromatic heterocycles. The first kappa shape index (κ1) is 12.6. The molecule has 0 bridgehead atoms.